The minimum absolute atomic E-state index is 0.113. The van der Waals surface area contributed by atoms with Crippen LogP contribution in [0.5, 0.6) is 5.75 Å². The van der Waals surface area contributed by atoms with Gasteiger partial charge in [0, 0.05) is 30.3 Å². The van der Waals surface area contributed by atoms with Crippen LogP contribution in [-0.2, 0) is 0 Å². The fraction of sp³-hybridized carbons (Fsp3) is 0.273. The van der Waals surface area contributed by atoms with Crippen LogP contribution in [0, 0.1) is 0 Å². The summed E-state index contributed by atoms with van der Waals surface area (Å²) < 4.78 is 5.29. The van der Waals surface area contributed by atoms with Crippen LogP contribution >= 0.6 is 11.6 Å². The highest BCUT2D eigenvalue weighted by Crippen LogP contribution is 2.31. The lowest BCUT2D eigenvalue weighted by atomic mass is 9.93. The second-order valence-electron chi connectivity index (χ2n) is 7.11. The maximum atomic E-state index is 12.5. The van der Waals surface area contributed by atoms with Gasteiger partial charge < -0.3 is 15.0 Å². The molecule has 1 aliphatic heterocycles. The van der Waals surface area contributed by atoms with Gasteiger partial charge in [0.15, 0.2) is 0 Å². The highest BCUT2D eigenvalue weighted by atomic mass is 35.5. The Labute approximate surface area is 174 Å². The molecule has 2 N–H and O–H groups in total. The highest BCUT2D eigenvalue weighted by molar-refractivity contribution is 6.33. The highest BCUT2D eigenvalue weighted by Gasteiger charge is 2.25. The van der Waals surface area contributed by atoms with E-state index in [0.717, 1.165) is 35.5 Å². The van der Waals surface area contributed by atoms with E-state index in [1.807, 2.05) is 41.3 Å². The number of halogens is 1. The normalized spacial score (nSPS) is 14.6. The maximum Gasteiger partial charge on any atom is 0.321 e. The zero-order chi connectivity index (χ0) is 20.2. The van der Waals surface area contributed by atoms with Crippen molar-refractivity contribution in [1.29, 1.82) is 0 Å². The lowest BCUT2D eigenvalue weighted by Crippen LogP contribution is -2.40. The van der Waals surface area contributed by atoms with Crippen LogP contribution in [0.3, 0.4) is 0 Å². The molecule has 0 aliphatic carbocycles. The minimum atomic E-state index is -0.113. The lowest BCUT2D eigenvalue weighted by molar-refractivity contribution is 0.194. The number of H-pyrrole nitrogens is 1. The molecular formula is C22H23ClN4O2. The van der Waals surface area contributed by atoms with E-state index in [9.17, 15) is 4.79 Å². The number of rotatable bonds is 4. The number of nitrogens with zero attached hydrogens (tertiary/aromatic N) is 2. The number of urea groups is 1. The van der Waals surface area contributed by atoms with E-state index >= 15 is 0 Å². The van der Waals surface area contributed by atoms with Gasteiger partial charge in [-0.05, 0) is 43.2 Å². The maximum absolute atomic E-state index is 12.5. The number of piperidine rings is 1. The number of methoxy groups -OCH3 is 1. The van der Waals surface area contributed by atoms with Gasteiger partial charge in [-0.1, -0.05) is 35.9 Å². The third kappa shape index (κ3) is 4.38. The van der Waals surface area contributed by atoms with Crippen LogP contribution in [-0.4, -0.2) is 41.3 Å². The summed E-state index contributed by atoms with van der Waals surface area (Å²) in [6.45, 7) is 1.38. The second-order valence-corrected chi connectivity index (χ2v) is 7.52. The zero-order valence-electron chi connectivity index (χ0n) is 16.2. The predicted octanol–water partition coefficient (Wildman–Crippen LogP) is 5.15. The molecule has 3 aromatic rings. The molecule has 2 aromatic carbocycles. The van der Waals surface area contributed by atoms with Crippen molar-refractivity contribution in [1.82, 2.24) is 15.1 Å². The van der Waals surface area contributed by atoms with Gasteiger partial charge in [0.05, 0.1) is 23.5 Å². The Kier molecular flexibility index (Phi) is 5.71. The fourth-order valence-corrected chi connectivity index (χ4v) is 3.81. The van der Waals surface area contributed by atoms with Crippen LogP contribution in [0.15, 0.2) is 54.6 Å². The number of likely N-dealkylation sites (tertiary alicyclic amines) is 1. The molecule has 0 unspecified atom stereocenters. The first-order chi connectivity index (χ1) is 14.1. The Morgan fingerprint density at radius 1 is 1.17 bits per heavy atom. The van der Waals surface area contributed by atoms with E-state index in [-0.39, 0.29) is 6.03 Å². The van der Waals surface area contributed by atoms with Crippen molar-refractivity contribution >= 4 is 23.3 Å². The van der Waals surface area contributed by atoms with E-state index in [2.05, 4.69) is 21.6 Å². The van der Waals surface area contributed by atoms with Gasteiger partial charge in [0.1, 0.15) is 5.75 Å². The number of aromatic nitrogens is 2. The summed E-state index contributed by atoms with van der Waals surface area (Å²) in [6, 6.07) is 17.1. The number of amides is 2. The van der Waals surface area contributed by atoms with E-state index in [0.29, 0.717) is 29.7 Å². The molecule has 1 aromatic heterocycles. The van der Waals surface area contributed by atoms with Gasteiger partial charge in [-0.3, -0.25) is 5.10 Å². The Morgan fingerprint density at radius 3 is 2.72 bits per heavy atom. The third-order valence-corrected chi connectivity index (χ3v) is 5.63. The number of hydrogen-bond donors (Lipinski definition) is 2. The number of anilines is 1. The van der Waals surface area contributed by atoms with Crippen molar-refractivity contribution in [2.45, 2.75) is 18.8 Å². The molecule has 0 bridgehead atoms. The molecule has 1 aliphatic rings. The lowest BCUT2D eigenvalue weighted by Gasteiger charge is -2.31. The van der Waals surface area contributed by atoms with Crippen LogP contribution in [0.2, 0.25) is 5.02 Å². The van der Waals surface area contributed by atoms with Crippen molar-refractivity contribution in [3.05, 3.63) is 65.3 Å². The summed E-state index contributed by atoms with van der Waals surface area (Å²) >= 11 is 6.13. The van der Waals surface area contributed by atoms with E-state index < -0.39 is 0 Å². The molecule has 29 heavy (non-hydrogen) atoms. The van der Waals surface area contributed by atoms with Crippen molar-refractivity contribution < 1.29 is 9.53 Å². The molecule has 0 atom stereocenters. The van der Waals surface area contributed by atoms with Gasteiger partial charge >= 0.3 is 6.03 Å². The van der Waals surface area contributed by atoms with Crippen molar-refractivity contribution in [2.75, 3.05) is 25.5 Å². The summed E-state index contributed by atoms with van der Waals surface area (Å²) in [5.74, 6) is 1.16. The SMILES string of the molecule is COc1cccc(-c2cc(C3CCN(C(=O)Nc4ccccc4Cl)CC3)[nH]n2)c1. The van der Waals surface area contributed by atoms with Gasteiger partial charge in [-0.15, -0.1) is 0 Å². The largest absolute Gasteiger partial charge is 0.497 e. The van der Waals surface area contributed by atoms with Gasteiger partial charge in [0.25, 0.3) is 0 Å². The number of hydrogen-bond acceptors (Lipinski definition) is 3. The first-order valence-corrected chi connectivity index (χ1v) is 10.0. The molecule has 1 fully saturated rings. The first kappa shape index (κ1) is 19.3. The number of para-hydroxylation sites is 1. The van der Waals surface area contributed by atoms with Crippen LogP contribution in [0.25, 0.3) is 11.3 Å². The summed E-state index contributed by atoms with van der Waals surface area (Å²) in [5, 5.41) is 11.1. The monoisotopic (exact) mass is 410 g/mol. The summed E-state index contributed by atoms with van der Waals surface area (Å²) in [7, 11) is 1.66. The minimum Gasteiger partial charge on any atom is -0.497 e. The Morgan fingerprint density at radius 2 is 1.97 bits per heavy atom. The average Bonchev–Trinajstić information content (AvgIpc) is 3.26. The number of nitrogens with one attached hydrogen (secondary N) is 2. The Bertz CT molecular complexity index is 996. The standard InChI is InChI=1S/C22H23ClN4O2/c1-29-17-6-4-5-16(13-17)21-14-20(25-26-21)15-9-11-27(12-10-15)22(28)24-19-8-3-2-7-18(19)23/h2-8,13-15H,9-12H2,1H3,(H,24,28)(H,25,26). The smallest absolute Gasteiger partial charge is 0.321 e. The molecular weight excluding hydrogens is 388 g/mol. The van der Waals surface area contributed by atoms with E-state index in [1.165, 1.54) is 0 Å². The summed E-state index contributed by atoms with van der Waals surface area (Å²) in [5.41, 5.74) is 3.66. The Hall–Kier alpha value is -2.99. The average molecular weight is 411 g/mol. The van der Waals surface area contributed by atoms with Crippen molar-refractivity contribution in [2.24, 2.45) is 0 Å². The number of carbonyl (C=O) groups is 1. The van der Waals surface area contributed by atoms with E-state index in [1.54, 1.807) is 19.2 Å². The van der Waals surface area contributed by atoms with Crippen LogP contribution < -0.4 is 10.1 Å². The number of aromatic amines is 1. The van der Waals surface area contributed by atoms with Crippen LogP contribution in [0.4, 0.5) is 10.5 Å². The fourth-order valence-electron chi connectivity index (χ4n) is 3.63. The second kappa shape index (κ2) is 8.57. The van der Waals surface area contributed by atoms with Gasteiger partial charge in [-0.2, -0.15) is 5.10 Å². The third-order valence-electron chi connectivity index (χ3n) is 5.30. The predicted molar refractivity (Wildman–Crippen MR) is 115 cm³/mol. The summed E-state index contributed by atoms with van der Waals surface area (Å²) in [4.78, 5) is 14.4. The molecule has 4 rings (SSSR count). The number of carbonyl (C=O) groups excluding carboxylic acids is 1. The first-order valence-electron chi connectivity index (χ1n) is 9.64. The quantitative estimate of drug-likeness (QED) is 0.624. The molecule has 2 amide bonds. The molecule has 0 spiro atoms. The molecule has 1 saturated heterocycles. The molecule has 150 valence electrons. The zero-order valence-corrected chi connectivity index (χ0v) is 16.9. The number of benzene rings is 2. The van der Waals surface area contributed by atoms with Gasteiger partial charge in [-0.25, -0.2) is 4.79 Å². The molecule has 2 heterocycles. The van der Waals surface area contributed by atoms with E-state index in [4.69, 9.17) is 16.3 Å². The summed E-state index contributed by atoms with van der Waals surface area (Å²) in [6.07, 6.45) is 1.77. The topological polar surface area (TPSA) is 70.2 Å². The molecule has 7 heteroatoms. The van der Waals surface area contributed by atoms with Crippen LogP contribution in [0.1, 0.15) is 24.5 Å². The molecule has 6 nitrogen and oxygen atoms in total. The Balaban J connectivity index is 1.37. The van der Waals surface area contributed by atoms with Gasteiger partial charge in [0.2, 0.25) is 0 Å². The molecule has 0 radical (unpaired) electrons. The van der Waals surface area contributed by atoms with Crippen molar-refractivity contribution in [3.8, 4) is 17.0 Å². The number of ether oxygens (including phenoxy) is 1. The van der Waals surface area contributed by atoms with Crippen molar-refractivity contribution in [3.63, 3.8) is 0 Å². The molecule has 0 saturated carbocycles.